The molecule has 0 bridgehead atoms. The summed E-state index contributed by atoms with van der Waals surface area (Å²) in [5.41, 5.74) is 7.28. The molecule has 1 aromatic heterocycles. The van der Waals surface area contributed by atoms with Gasteiger partial charge in [-0.1, -0.05) is 47.5 Å². The molecule has 0 saturated carbocycles. The second-order valence-corrected chi connectivity index (χ2v) is 6.83. The highest BCUT2D eigenvalue weighted by Gasteiger charge is 2.23. The van der Waals surface area contributed by atoms with Crippen molar-refractivity contribution in [2.45, 2.75) is 13.5 Å². The van der Waals surface area contributed by atoms with Crippen LogP contribution >= 0.6 is 23.2 Å². The Morgan fingerprint density at radius 3 is 2.59 bits per heavy atom. The summed E-state index contributed by atoms with van der Waals surface area (Å²) in [6, 6.07) is 10.2. The van der Waals surface area contributed by atoms with Gasteiger partial charge < -0.3 is 15.2 Å². The summed E-state index contributed by atoms with van der Waals surface area (Å²) in [7, 11) is 1.28. The van der Waals surface area contributed by atoms with Crippen LogP contribution in [-0.4, -0.2) is 23.0 Å². The Kier molecular flexibility index (Phi) is 6.20. The number of nitrogen functional groups attached to an aromatic ring is 1. The van der Waals surface area contributed by atoms with Crippen LogP contribution < -0.4 is 10.5 Å². The van der Waals surface area contributed by atoms with Crippen molar-refractivity contribution >= 4 is 35.0 Å². The number of methoxy groups -OCH3 is 1. The van der Waals surface area contributed by atoms with Gasteiger partial charge in [0.1, 0.15) is 17.4 Å². The van der Waals surface area contributed by atoms with Gasteiger partial charge in [0.2, 0.25) is 0 Å². The smallest absolute Gasteiger partial charge is 0.359 e. The van der Waals surface area contributed by atoms with Gasteiger partial charge in [-0.15, -0.1) is 0 Å². The molecule has 9 heteroatoms. The first kappa shape index (κ1) is 20.8. The van der Waals surface area contributed by atoms with Gasteiger partial charge in [-0.3, -0.25) is 0 Å². The minimum absolute atomic E-state index is 0.0181. The highest BCUT2D eigenvalue weighted by Crippen LogP contribution is 2.35. The summed E-state index contributed by atoms with van der Waals surface area (Å²) >= 11 is 12.0. The Morgan fingerprint density at radius 2 is 1.90 bits per heavy atom. The Balaban J connectivity index is 1.96. The van der Waals surface area contributed by atoms with E-state index in [0.717, 1.165) is 11.1 Å². The molecule has 3 rings (SSSR count). The molecule has 0 spiro atoms. The summed E-state index contributed by atoms with van der Waals surface area (Å²) in [4.78, 5) is 20.6. The average molecular weight is 436 g/mol. The number of rotatable bonds is 5. The zero-order valence-corrected chi connectivity index (χ0v) is 17.0. The molecule has 0 unspecified atom stereocenters. The molecule has 29 heavy (non-hydrogen) atoms. The molecule has 1 heterocycles. The van der Waals surface area contributed by atoms with E-state index in [0.29, 0.717) is 0 Å². The van der Waals surface area contributed by atoms with E-state index in [9.17, 15) is 9.18 Å². The molecule has 0 amide bonds. The lowest BCUT2D eigenvalue weighted by Crippen LogP contribution is -2.12. The second kappa shape index (κ2) is 8.63. The Hall–Kier alpha value is -2.90. The minimum atomic E-state index is -0.810. The van der Waals surface area contributed by atoms with Crippen LogP contribution in [0, 0.1) is 12.7 Å². The first-order chi connectivity index (χ1) is 13.8. The van der Waals surface area contributed by atoms with Crippen molar-refractivity contribution in [1.82, 2.24) is 9.97 Å². The molecule has 0 aliphatic heterocycles. The van der Waals surface area contributed by atoms with Crippen molar-refractivity contribution in [3.05, 3.63) is 69.1 Å². The van der Waals surface area contributed by atoms with Crippen LogP contribution in [0.4, 0.5) is 10.2 Å². The van der Waals surface area contributed by atoms with Crippen molar-refractivity contribution in [1.29, 1.82) is 0 Å². The fourth-order valence-corrected chi connectivity index (χ4v) is 2.98. The largest absolute Gasteiger partial charge is 0.492 e. The second-order valence-electron chi connectivity index (χ2n) is 6.04. The Morgan fingerprint density at radius 1 is 1.17 bits per heavy atom. The fourth-order valence-electron chi connectivity index (χ4n) is 2.60. The molecular formula is C20H16Cl2FN3O3. The van der Waals surface area contributed by atoms with Gasteiger partial charge in [0.15, 0.2) is 23.1 Å². The summed E-state index contributed by atoms with van der Waals surface area (Å²) in [6.45, 7) is 1.91. The van der Waals surface area contributed by atoms with Crippen LogP contribution in [0.15, 0.2) is 36.4 Å². The summed E-state index contributed by atoms with van der Waals surface area (Å²) in [5, 5.41) is -0.0987. The van der Waals surface area contributed by atoms with Gasteiger partial charge in [-0.2, -0.15) is 0 Å². The molecule has 0 radical (unpaired) electrons. The number of ether oxygens (including phenoxy) is 2. The van der Waals surface area contributed by atoms with Crippen molar-refractivity contribution in [3.63, 3.8) is 0 Å². The van der Waals surface area contributed by atoms with Crippen molar-refractivity contribution < 1.29 is 18.7 Å². The van der Waals surface area contributed by atoms with Crippen molar-refractivity contribution in [3.8, 4) is 17.1 Å². The number of halogens is 3. The summed E-state index contributed by atoms with van der Waals surface area (Å²) < 4.78 is 25.0. The van der Waals surface area contributed by atoms with Gasteiger partial charge in [-0.05, 0) is 30.2 Å². The minimum Gasteiger partial charge on any atom is -0.492 e. The number of hydrogen-bond acceptors (Lipinski definition) is 6. The van der Waals surface area contributed by atoms with Crippen LogP contribution in [0.25, 0.3) is 11.4 Å². The number of hydrogen-bond donors (Lipinski definition) is 1. The van der Waals surface area contributed by atoms with Gasteiger partial charge in [-0.25, -0.2) is 19.2 Å². The Labute approximate surface area is 176 Å². The van der Waals surface area contributed by atoms with E-state index in [1.165, 1.54) is 19.2 Å². The molecular weight excluding hydrogens is 420 g/mol. The molecule has 6 nitrogen and oxygen atoms in total. The number of nitrogens with zero attached hydrogens (tertiary/aromatic N) is 2. The van der Waals surface area contributed by atoms with Crippen molar-refractivity contribution in [2.24, 2.45) is 0 Å². The normalized spacial score (nSPS) is 10.7. The fraction of sp³-hybridized carbons (Fsp3) is 0.150. The predicted molar refractivity (Wildman–Crippen MR) is 109 cm³/mol. The number of anilines is 1. The zero-order chi connectivity index (χ0) is 21.1. The number of benzene rings is 2. The number of nitrogens with two attached hydrogens (primary N) is 1. The third-order valence-corrected chi connectivity index (χ3v) is 4.85. The molecule has 0 fully saturated rings. The third kappa shape index (κ3) is 4.26. The highest BCUT2D eigenvalue weighted by molar-refractivity contribution is 6.35. The van der Waals surface area contributed by atoms with Crippen LogP contribution in [0.2, 0.25) is 10.0 Å². The summed E-state index contributed by atoms with van der Waals surface area (Å²) in [5.74, 6) is -2.11. The monoisotopic (exact) mass is 435 g/mol. The molecule has 0 aliphatic rings. The Bertz CT molecular complexity index is 1090. The van der Waals surface area contributed by atoms with Crippen molar-refractivity contribution in [2.75, 3.05) is 12.8 Å². The highest BCUT2D eigenvalue weighted by atomic mass is 35.5. The van der Waals surface area contributed by atoms with Crippen LogP contribution in [-0.2, 0) is 11.3 Å². The summed E-state index contributed by atoms with van der Waals surface area (Å²) in [6.07, 6.45) is 0. The maximum Gasteiger partial charge on any atom is 0.359 e. The van der Waals surface area contributed by atoms with Crippen LogP contribution in [0.5, 0.6) is 5.75 Å². The number of carbonyl (C=O) groups excluding carboxylic acids is 1. The molecule has 0 atom stereocenters. The van der Waals surface area contributed by atoms with E-state index in [2.05, 4.69) is 9.97 Å². The van der Waals surface area contributed by atoms with Crippen LogP contribution in [0.3, 0.4) is 0 Å². The van der Waals surface area contributed by atoms with Gasteiger partial charge in [0.25, 0.3) is 0 Å². The SMILES string of the molecule is COc1c(Cl)ccc(-c2nc(N)c(Cl)c(C(=O)OCc3ccccc3C)n2)c1F. The van der Waals surface area contributed by atoms with E-state index in [1.807, 2.05) is 31.2 Å². The molecule has 2 N–H and O–H groups in total. The maximum absolute atomic E-state index is 14.7. The standard InChI is InChI=1S/C20H16Cl2FN3O3/c1-10-5-3-4-6-11(10)9-29-20(27)16-14(22)18(24)26-19(25-16)12-7-8-13(21)17(28-2)15(12)23/h3-8H,9H2,1-2H3,(H2,24,25,26). The number of carbonyl (C=O) groups is 1. The van der Waals surface area contributed by atoms with E-state index in [1.54, 1.807) is 0 Å². The molecule has 2 aromatic carbocycles. The predicted octanol–water partition coefficient (Wildman–Crippen LogP) is 4.85. The van der Waals surface area contributed by atoms with E-state index in [4.69, 9.17) is 38.4 Å². The quantitative estimate of drug-likeness (QED) is 0.576. The first-order valence-electron chi connectivity index (χ1n) is 8.40. The lowest BCUT2D eigenvalue weighted by Gasteiger charge is -2.12. The number of esters is 1. The number of aryl methyl sites for hydroxylation is 1. The first-order valence-corrected chi connectivity index (χ1v) is 9.16. The lowest BCUT2D eigenvalue weighted by atomic mass is 10.1. The number of aromatic nitrogens is 2. The third-order valence-electron chi connectivity index (χ3n) is 4.18. The average Bonchev–Trinajstić information content (AvgIpc) is 2.69. The molecule has 150 valence electrons. The molecule has 0 saturated heterocycles. The maximum atomic E-state index is 14.7. The molecule has 3 aromatic rings. The van der Waals surface area contributed by atoms with E-state index in [-0.39, 0.29) is 45.3 Å². The topological polar surface area (TPSA) is 87.3 Å². The van der Waals surface area contributed by atoms with E-state index < -0.39 is 11.8 Å². The van der Waals surface area contributed by atoms with Gasteiger partial charge in [0, 0.05) is 0 Å². The van der Waals surface area contributed by atoms with E-state index >= 15 is 0 Å². The van der Waals surface area contributed by atoms with Gasteiger partial charge >= 0.3 is 5.97 Å². The van der Waals surface area contributed by atoms with Gasteiger partial charge in [0.05, 0.1) is 17.7 Å². The molecule has 0 aliphatic carbocycles. The lowest BCUT2D eigenvalue weighted by molar-refractivity contribution is 0.0465. The van der Waals surface area contributed by atoms with Crippen LogP contribution in [0.1, 0.15) is 21.6 Å². The zero-order valence-electron chi connectivity index (χ0n) is 15.5.